The van der Waals surface area contributed by atoms with Crippen LogP contribution in [0.2, 0.25) is 5.02 Å². The summed E-state index contributed by atoms with van der Waals surface area (Å²) in [6.07, 6.45) is 0. The molecule has 0 saturated carbocycles. The number of carbonyl (C=O) groups is 1. The number of nitrogens with one attached hydrogen (secondary N) is 1. The Morgan fingerprint density at radius 1 is 0.971 bits per heavy atom. The van der Waals surface area contributed by atoms with E-state index in [2.05, 4.69) is 15.5 Å². The third-order valence-corrected chi connectivity index (χ3v) is 6.01. The van der Waals surface area contributed by atoms with Crippen molar-refractivity contribution in [2.24, 2.45) is 0 Å². The van der Waals surface area contributed by atoms with Gasteiger partial charge in [0, 0.05) is 22.0 Å². The van der Waals surface area contributed by atoms with Gasteiger partial charge in [-0.1, -0.05) is 53.7 Å². The molecule has 1 heterocycles. The number of thioether (sulfide) groups is 1. The molecular formula is C25H23ClN4O3S. The van der Waals surface area contributed by atoms with E-state index in [0.29, 0.717) is 45.4 Å². The topological polar surface area (TPSA) is 78.3 Å². The fourth-order valence-electron chi connectivity index (χ4n) is 3.23. The van der Waals surface area contributed by atoms with E-state index in [0.717, 1.165) is 5.69 Å². The third-order valence-electron chi connectivity index (χ3n) is 4.87. The zero-order valence-electron chi connectivity index (χ0n) is 18.5. The highest BCUT2D eigenvalue weighted by molar-refractivity contribution is 7.99. The van der Waals surface area contributed by atoms with Crippen LogP contribution in [0.4, 0.5) is 0 Å². The second-order valence-electron chi connectivity index (χ2n) is 7.11. The summed E-state index contributed by atoms with van der Waals surface area (Å²) in [6, 6.07) is 24.1. The molecule has 0 aliphatic rings. The standard InChI is InChI=1S/C25H23ClN4O3S/c1-32-21-9-5-6-10-22(21)33-15-16-34-25-29-28-23(30(25)20-7-3-2-4-8-20)17-27-24(31)18-11-13-19(26)14-12-18/h2-14H,15-17H2,1H3,(H,27,31). The maximum absolute atomic E-state index is 12.5. The molecule has 174 valence electrons. The second-order valence-corrected chi connectivity index (χ2v) is 8.61. The lowest BCUT2D eigenvalue weighted by atomic mass is 10.2. The molecule has 1 N–H and O–H groups in total. The minimum absolute atomic E-state index is 0.210. The van der Waals surface area contributed by atoms with Crippen molar-refractivity contribution in [1.29, 1.82) is 0 Å². The van der Waals surface area contributed by atoms with Gasteiger partial charge in [-0.25, -0.2) is 0 Å². The van der Waals surface area contributed by atoms with Crippen molar-refractivity contribution in [2.45, 2.75) is 11.7 Å². The van der Waals surface area contributed by atoms with Crippen LogP contribution in [0.1, 0.15) is 16.2 Å². The molecule has 0 spiro atoms. The fourth-order valence-corrected chi connectivity index (χ4v) is 4.14. The Hall–Kier alpha value is -3.49. The number of ether oxygens (including phenoxy) is 2. The van der Waals surface area contributed by atoms with Crippen molar-refractivity contribution < 1.29 is 14.3 Å². The molecule has 1 amide bonds. The molecule has 9 heteroatoms. The van der Waals surface area contributed by atoms with Gasteiger partial charge in [0.1, 0.15) is 0 Å². The normalized spacial score (nSPS) is 10.6. The lowest BCUT2D eigenvalue weighted by molar-refractivity contribution is 0.0949. The first-order valence-electron chi connectivity index (χ1n) is 10.6. The molecule has 0 saturated heterocycles. The second kappa shape index (κ2) is 11.6. The van der Waals surface area contributed by atoms with E-state index in [1.165, 1.54) is 11.8 Å². The molecule has 7 nitrogen and oxygen atoms in total. The molecule has 4 aromatic rings. The van der Waals surface area contributed by atoms with Gasteiger partial charge in [0.25, 0.3) is 5.91 Å². The predicted octanol–water partition coefficient (Wildman–Crippen LogP) is 5.03. The van der Waals surface area contributed by atoms with Gasteiger partial charge >= 0.3 is 0 Å². The van der Waals surface area contributed by atoms with Gasteiger partial charge in [-0.05, 0) is 48.5 Å². The minimum atomic E-state index is -0.210. The molecule has 34 heavy (non-hydrogen) atoms. The predicted molar refractivity (Wildman–Crippen MR) is 133 cm³/mol. The van der Waals surface area contributed by atoms with E-state index in [1.54, 1.807) is 31.4 Å². The highest BCUT2D eigenvalue weighted by Gasteiger charge is 2.16. The Kier molecular flexibility index (Phi) is 8.06. The van der Waals surface area contributed by atoms with Crippen LogP contribution in [0, 0.1) is 0 Å². The summed E-state index contributed by atoms with van der Waals surface area (Å²) >= 11 is 7.44. The monoisotopic (exact) mass is 494 g/mol. The number of methoxy groups -OCH3 is 1. The minimum Gasteiger partial charge on any atom is -0.493 e. The van der Waals surface area contributed by atoms with Crippen molar-refractivity contribution in [2.75, 3.05) is 19.5 Å². The van der Waals surface area contributed by atoms with E-state index in [1.807, 2.05) is 59.2 Å². The number of aromatic nitrogens is 3. The largest absolute Gasteiger partial charge is 0.493 e. The van der Waals surface area contributed by atoms with E-state index >= 15 is 0 Å². The van der Waals surface area contributed by atoms with Crippen LogP contribution in [-0.4, -0.2) is 40.1 Å². The summed E-state index contributed by atoms with van der Waals surface area (Å²) in [4.78, 5) is 12.5. The molecule has 0 unspecified atom stereocenters. The molecule has 4 rings (SSSR count). The number of para-hydroxylation sites is 3. The molecule has 0 bridgehead atoms. The maximum atomic E-state index is 12.5. The highest BCUT2D eigenvalue weighted by Crippen LogP contribution is 2.27. The Morgan fingerprint density at radius 3 is 2.41 bits per heavy atom. The molecule has 3 aromatic carbocycles. The number of amides is 1. The summed E-state index contributed by atoms with van der Waals surface area (Å²) in [7, 11) is 1.62. The van der Waals surface area contributed by atoms with Gasteiger partial charge in [-0.15, -0.1) is 10.2 Å². The van der Waals surface area contributed by atoms with Gasteiger partial charge in [-0.2, -0.15) is 0 Å². The zero-order valence-corrected chi connectivity index (χ0v) is 20.1. The lowest BCUT2D eigenvalue weighted by Crippen LogP contribution is -2.24. The van der Waals surface area contributed by atoms with Crippen LogP contribution in [0.3, 0.4) is 0 Å². The molecular weight excluding hydrogens is 472 g/mol. The van der Waals surface area contributed by atoms with E-state index < -0.39 is 0 Å². The van der Waals surface area contributed by atoms with Gasteiger partial charge in [0.2, 0.25) is 0 Å². The molecule has 1 aromatic heterocycles. The van der Waals surface area contributed by atoms with Crippen molar-refractivity contribution in [1.82, 2.24) is 20.1 Å². The van der Waals surface area contributed by atoms with Gasteiger partial charge in [0.15, 0.2) is 22.5 Å². The fraction of sp³-hybridized carbons (Fsp3) is 0.160. The third kappa shape index (κ3) is 5.89. The van der Waals surface area contributed by atoms with Crippen LogP contribution >= 0.6 is 23.4 Å². The van der Waals surface area contributed by atoms with Crippen LogP contribution in [0.15, 0.2) is 84.0 Å². The lowest BCUT2D eigenvalue weighted by Gasteiger charge is -2.12. The number of rotatable bonds is 10. The first-order valence-corrected chi connectivity index (χ1v) is 11.9. The molecule has 0 radical (unpaired) electrons. The van der Waals surface area contributed by atoms with E-state index in [4.69, 9.17) is 21.1 Å². The number of carbonyl (C=O) groups excluding carboxylic acids is 1. The van der Waals surface area contributed by atoms with E-state index in [9.17, 15) is 4.79 Å². The van der Waals surface area contributed by atoms with Gasteiger partial charge in [0.05, 0.1) is 20.3 Å². The van der Waals surface area contributed by atoms with Crippen LogP contribution in [0.5, 0.6) is 11.5 Å². The summed E-state index contributed by atoms with van der Waals surface area (Å²) in [5.41, 5.74) is 1.44. The van der Waals surface area contributed by atoms with Crippen LogP contribution in [0.25, 0.3) is 5.69 Å². The smallest absolute Gasteiger partial charge is 0.251 e. The molecule has 0 fully saturated rings. The van der Waals surface area contributed by atoms with E-state index in [-0.39, 0.29) is 12.5 Å². The van der Waals surface area contributed by atoms with Crippen LogP contribution in [-0.2, 0) is 6.54 Å². The summed E-state index contributed by atoms with van der Waals surface area (Å²) in [6.45, 7) is 0.691. The molecule has 0 aliphatic heterocycles. The Morgan fingerprint density at radius 2 is 1.68 bits per heavy atom. The molecule has 0 atom stereocenters. The summed E-state index contributed by atoms with van der Waals surface area (Å²) < 4.78 is 13.1. The van der Waals surface area contributed by atoms with Gasteiger partial charge in [-0.3, -0.25) is 9.36 Å². The summed E-state index contributed by atoms with van der Waals surface area (Å²) in [5.74, 6) is 2.46. The number of nitrogens with zero attached hydrogens (tertiary/aromatic N) is 3. The first kappa shape index (κ1) is 23.7. The van der Waals surface area contributed by atoms with Crippen molar-refractivity contribution >= 4 is 29.3 Å². The summed E-state index contributed by atoms with van der Waals surface area (Å²) in [5, 5.41) is 12.9. The average molecular weight is 495 g/mol. The van der Waals surface area contributed by atoms with Crippen molar-refractivity contribution in [3.63, 3.8) is 0 Å². The Labute approximate surface area is 207 Å². The van der Waals surface area contributed by atoms with Crippen LogP contribution < -0.4 is 14.8 Å². The average Bonchev–Trinajstić information content (AvgIpc) is 3.29. The molecule has 0 aliphatic carbocycles. The van der Waals surface area contributed by atoms with Gasteiger partial charge < -0.3 is 14.8 Å². The Balaban J connectivity index is 1.44. The quantitative estimate of drug-likeness (QED) is 0.246. The maximum Gasteiger partial charge on any atom is 0.251 e. The number of hydrogen-bond acceptors (Lipinski definition) is 6. The SMILES string of the molecule is COc1ccccc1OCCSc1nnc(CNC(=O)c2ccc(Cl)cc2)n1-c1ccccc1. The number of hydrogen-bond donors (Lipinski definition) is 1. The highest BCUT2D eigenvalue weighted by atomic mass is 35.5. The number of benzene rings is 3. The van der Waals surface area contributed by atoms with Crippen molar-refractivity contribution in [3.8, 4) is 17.2 Å². The first-order chi connectivity index (χ1) is 16.7. The van der Waals surface area contributed by atoms with Crippen molar-refractivity contribution in [3.05, 3.63) is 95.3 Å². The zero-order chi connectivity index (χ0) is 23.8. The number of halogens is 1. The Bertz CT molecular complexity index is 1230.